The highest BCUT2D eigenvalue weighted by molar-refractivity contribution is 6.69. The van der Waals surface area contributed by atoms with Crippen molar-refractivity contribution in [2.75, 3.05) is 13.8 Å². The number of amides is 2. The van der Waals surface area contributed by atoms with Crippen LogP contribution in [0.2, 0.25) is 19.6 Å². The summed E-state index contributed by atoms with van der Waals surface area (Å²) in [6.07, 6.45) is 0.524. The molecule has 0 aliphatic heterocycles. The van der Waals surface area contributed by atoms with Gasteiger partial charge in [0.25, 0.3) is 0 Å². The van der Waals surface area contributed by atoms with Gasteiger partial charge in [0.15, 0.2) is 8.32 Å². The SMILES string of the molecule is CC(=O)NCNC=O.CO[Si](C)(C)C. The van der Waals surface area contributed by atoms with Gasteiger partial charge in [-0.3, -0.25) is 9.59 Å². The van der Waals surface area contributed by atoms with Crippen LogP contribution >= 0.6 is 0 Å². The fourth-order valence-corrected chi connectivity index (χ4v) is 0.217. The second-order valence-corrected chi connectivity index (χ2v) is 8.18. The first-order chi connectivity index (χ1) is 6.33. The largest absolute Gasteiger partial charge is 0.421 e. The Kier molecular flexibility index (Phi) is 9.69. The zero-order chi connectivity index (χ0) is 11.6. The molecule has 14 heavy (non-hydrogen) atoms. The summed E-state index contributed by atoms with van der Waals surface area (Å²) in [5.41, 5.74) is 0. The minimum Gasteiger partial charge on any atom is -0.421 e. The Labute approximate surface area is 86.3 Å². The monoisotopic (exact) mass is 220 g/mol. The first-order valence-electron chi connectivity index (χ1n) is 4.30. The van der Waals surface area contributed by atoms with E-state index < -0.39 is 8.32 Å². The highest BCUT2D eigenvalue weighted by atomic mass is 28.4. The third kappa shape index (κ3) is 22.5. The van der Waals surface area contributed by atoms with Crippen LogP contribution < -0.4 is 10.6 Å². The molecule has 0 saturated carbocycles. The van der Waals surface area contributed by atoms with Gasteiger partial charge >= 0.3 is 0 Å². The molecule has 0 heterocycles. The van der Waals surface area contributed by atoms with E-state index in [9.17, 15) is 9.59 Å². The lowest BCUT2D eigenvalue weighted by atomic mass is 10.7. The average Bonchev–Trinajstić information content (AvgIpc) is 2.04. The Morgan fingerprint density at radius 1 is 1.43 bits per heavy atom. The van der Waals surface area contributed by atoms with Crippen LogP contribution in [0, 0.1) is 0 Å². The smallest absolute Gasteiger partial charge is 0.218 e. The molecular weight excluding hydrogens is 200 g/mol. The van der Waals surface area contributed by atoms with E-state index in [1.54, 1.807) is 7.11 Å². The first-order valence-corrected chi connectivity index (χ1v) is 7.71. The molecule has 0 spiro atoms. The van der Waals surface area contributed by atoms with Crippen LogP contribution in [0.15, 0.2) is 0 Å². The second kappa shape index (κ2) is 8.70. The third-order valence-electron chi connectivity index (χ3n) is 1.14. The van der Waals surface area contributed by atoms with Crippen molar-refractivity contribution < 1.29 is 14.0 Å². The van der Waals surface area contributed by atoms with Gasteiger partial charge in [0.2, 0.25) is 12.3 Å². The lowest BCUT2D eigenvalue weighted by Gasteiger charge is -2.10. The predicted molar refractivity (Wildman–Crippen MR) is 58.2 cm³/mol. The van der Waals surface area contributed by atoms with Crippen LogP contribution in [0.25, 0.3) is 0 Å². The van der Waals surface area contributed by atoms with Gasteiger partial charge in [-0.05, 0) is 19.6 Å². The Hall–Kier alpha value is -0.883. The molecule has 5 nitrogen and oxygen atoms in total. The zero-order valence-electron chi connectivity index (χ0n) is 9.51. The molecule has 2 N–H and O–H groups in total. The van der Waals surface area contributed by atoms with E-state index in [1.165, 1.54) is 6.92 Å². The molecule has 0 atom stereocenters. The van der Waals surface area contributed by atoms with E-state index in [2.05, 4.69) is 30.3 Å². The molecule has 0 radical (unpaired) electrons. The Balaban J connectivity index is 0. The van der Waals surface area contributed by atoms with Gasteiger partial charge in [0.05, 0.1) is 6.67 Å². The van der Waals surface area contributed by atoms with Crippen LogP contribution in [0.3, 0.4) is 0 Å². The van der Waals surface area contributed by atoms with Gasteiger partial charge in [-0.25, -0.2) is 0 Å². The summed E-state index contributed by atoms with van der Waals surface area (Å²) >= 11 is 0. The van der Waals surface area contributed by atoms with E-state index in [4.69, 9.17) is 4.43 Å². The molecule has 6 heteroatoms. The Bertz CT molecular complexity index is 168. The summed E-state index contributed by atoms with van der Waals surface area (Å²) in [4.78, 5) is 19.6. The number of hydrogen-bond acceptors (Lipinski definition) is 3. The van der Waals surface area contributed by atoms with Crippen molar-refractivity contribution in [3.63, 3.8) is 0 Å². The molecule has 0 aromatic rings. The molecule has 0 aliphatic carbocycles. The minimum absolute atomic E-state index is 0.153. The summed E-state index contributed by atoms with van der Waals surface area (Å²) in [6, 6.07) is 0. The van der Waals surface area contributed by atoms with Crippen molar-refractivity contribution in [3.8, 4) is 0 Å². The molecular formula is C8H20N2O3Si. The van der Waals surface area contributed by atoms with Gasteiger partial charge in [-0.15, -0.1) is 0 Å². The van der Waals surface area contributed by atoms with E-state index in [1.807, 2.05) is 0 Å². The molecule has 0 saturated heterocycles. The van der Waals surface area contributed by atoms with Crippen LogP contribution in [-0.4, -0.2) is 34.4 Å². The van der Waals surface area contributed by atoms with Crippen molar-refractivity contribution in [2.45, 2.75) is 26.6 Å². The summed E-state index contributed by atoms with van der Waals surface area (Å²) in [5.74, 6) is -0.153. The Morgan fingerprint density at radius 3 is 2.07 bits per heavy atom. The molecule has 0 aromatic carbocycles. The van der Waals surface area contributed by atoms with Gasteiger partial charge in [-0.1, -0.05) is 0 Å². The zero-order valence-corrected chi connectivity index (χ0v) is 10.5. The van der Waals surface area contributed by atoms with Gasteiger partial charge in [-0.2, -0.15) is 0 Å². The van der Waals surface area contributed by atoms with E-state index in [0.29, 0.717) is 6.41 Å². The quantitative estimate of drug-likeness (QED) is 0.310. The molecule has 0 fully saturated rings. The summed E-state index contributed by atoms with van der Waals surface area (Å²) in [6.45, 7) is 8.07. The van der Waals surface area contributed by atoms with Crippen LogP contribution in [-0.2, 0) is 14.0 Å². The summed E-state index contributed by atoms with van der Waals surface area (Å²) in [5, 5.41) is 4.63. The van der Waals surface area contributed by atoms with Gasteiger partial charge in [0, 0.05) is 14.0 Å². The first kappa shape index (κ1) is 15.6. The standard InChI is InChI=1S/C4H8N2O2.C4H12OSi/c1-4(8)6-2-5-3-7;1-5-6(2,3)4/h3H,2H2,1H3,(H,5,7)(H,6,8);1-4H3. The molecule has 0 unspecified atom stereocenters. The number of carbonyl (C=O) groups excluding carboxylic acids is 2. The average molecular weight is 220 g/mol. The van der Waals surface area contributed by atoms with E-state index in [-0.39, 0.29) is 12.6 Å². The lowest BCUT2D eigenvalue weighted by Crippen LogP contribution is -2.31. The van der Waals surface area contributed by atoms with E-state index in [0.717, 1.165) is 0 Å². The van der Waals surface area contributed by atoms with Gasteiger partial charge in [0.1, 0.15) is 0 Å². The minimum atomic E-state index is -1.13. The second-order valence-electron chi connectivity index (χ2n) is 3.55. The topological polar surface area (TPSA) is 67.4 Å². The molecule has 2 amide bonds. The maximum atomic E-state index is 10.1. The van der Waals surface area contributed by atoms with Crippen LogP contribution in [0.5, 0.6) is 0 Å². The lowest BCUT2D eigenvalue weighted by molar-refractivity contribution is -0.119. The summed E-state index contributed by atoms with van der Waals surface area (Å²) in [7, 11) is 0.639. The normalized spacial score (nSPS) is 9.50. The summed E-state index contributed by atoms with van der Waals surface area (Å²) < 4.78 is 5.08. The molecule has 0 rings (SSSR count). The molecule has 0 bridgehead atoms. The van der Waals surface area contributed by atoms with Crippen LogP contribution in [0.4, 0.5) is 0 Å². The van der Waals surface area contributed by atoms with Crippen molar-refractivity contribution in [2.24, 2.45) is 0 Å². The van der Waals surface area contributed by atoms with Crippen LogP contribution in [0.1, 0.15) is 6.92 Å². The van der Waals surface area contributed by atoms with Crippen molar-refractivity contribution in [1.29, 1.82) is 0 Å². The van der Waals surface area contributed by atoms with Gasteiger partial charge < -0.3 is 15.1 Å². The van der Waals surface area contributed by atoms with E-state index >= 15 is 0 Å². The fraction of sp³-hybridized carbons (Fsp3) is 0.750. The highest BCUT2D eigenvalue weighted by Crippen LogP contribution is 1.97. The highest BCUT2D eigenvalue weighted by Gasteiger charge is 2.09. The molecule has 0 aliphatic rings. The maximum Gasteiger partial charge on any atom is 0.218 e. The predicted octanol–water partition coefficient (Wildman–Crippen LogP) is 0.294. The van der Waals surface area contributed by atoms with Crippen molar-refractivity contribution >= 4 is 20.6 Å². The van der Waals surface area contributed by atoms with Crippen molar-refractivity contribution in [1.82, 2.24) is 10.6 Å². The Morgan fingerprint density at radius 2 is 1.86 bits per heavy atom. The van der Waals surface area contributed by atoms with Crippen molar-refractivity contribution in [3.05, 3.63) is 0 Å². The number of rotatable bonds is 4. The molecule has 84 valence electrons. The number of nitrogens with one attached hydrogen (secondary N) is 2. The number of hydrogen-bond donors (Lipinski definition) is 2. The fourth-order valence-electron chi connectivity index (χ4n) is 0.217. The maximum absolute atomic E-state index is 10.1. The third-order valence-corrected chi connectivity index (χ3v) is 2.36. The number of carbonyl (C=O) groups is 2. The molecule has 0 aromatic heterocycles.